The number of aromatic nitrogens is 1. The van der Waals surface area contributed by atoms with E-state index in [2.05, 4.69) is 5.16 Å². The summed E-state index contributed by atoms with van der Waals surface area (Å²) in [4.78, 5) is 37.2. The Kier molecular flexibility index (Phi) is 7.34. The number of carbonyl (C=O) groups is 3. The van der Waals surface area contributed by atoms with Gasteiger partial charge in [-0.1, -0.05) is 17.3 Å². The van der Waals surface area contributed by atoms with Crippen LogP contribution in [0, 0.1) is 13.8 Å². The first-order chi connectivity index (χ1) is 15.8. The van der Waals surface area contributed by atoms with E-state index in [1.807, 2.05) is 0 Å². The van der Waals surface area contributed by atoms with Crippen molar-refractivity contribution in [1.29, 1.82) is 0 Å². The molecule has 0 radical (unpaired) electrons. The molecule has 0 spiro atoms. The maximum Gasteiger partial charge on any atom is 0.348 e. The van der Waals surface area contributed by atoms with Crippen LogP contribution in [-0.2, 0) is 27.4 Å². The van der Waals surface area contributed by atoms with Crippen LogP contribution in [0.15, 0.2) is 28.8 Å². The van der Waals surface area contributed by atoms with Gasteiger partial charge in [-0.25, -0.2) is 14.4 Å². The fourth-order valence-electron chi connectivity index (χ4n) is 3.04. The van der Waals surface area contributed by atoms with Gasteiger partial charge in [-0.2, -0.15) is 0 Å². The summed E-state index contributed by atoms with van der Waals surface area (Å²) >= 11 is 0.849. The topological polar surface area (TPSA) is 140 Å². The average Bonchev–Trinajstić information content (AvgIpc) is 3.32. The highest BCUT2D eigenvalue weighted by molar-refractivity contribution is 7.18. The van der Waals surface area contributed by atoms with Gasteiger partial charge in [0.15, 0.2) is 0 Å². The SMILES string of the molecule is COC(=O)c1sc(N)c(C(=O)OC)c1COC(=O)c1ccccc1OCc1c(C)noc1C. The highest BCUT2D eigenvalue weighted by Crippen LogP contribution is 2.33. The Balaban J connectivity index is 1.82. The highest BCUT2D eigenvalue weighted by Gasteiger charge is 2.28. The summed E-state index contributed by atoms with van der Waals surface area (Å²) in [6, 6.07) is 6.53. The third-order valence-corrected chi connectivity index (χ3v) is 5.84. The number of hydrogen-bond donors (Lipinski definition) is 1. The highest BCUT2D eigenvalue weighted by atomic mass is 32.1. The van der Waals surface area contributed by atoms with Gasteiger partial charge < -0.3 is 29.2 Å². The lowest BCUT2D eigenvalue weighted by molar-refractivity contribution is 0.0448. The van der Waals surface area contributed by atoms with E-state index in [1.165, 1.54) is 20.3 Å². The Morgan fingerprint density at radius 1 is 1.00 bits per heavy atom. The van der Waals surface area contributed by atoms with E-state index in [9.17, 15) is 14.4 Å². The number of aryl methyl sites for hydroxylation is 2. The molecule has 0 saturated carbocycles. The maximum atomic E-state index is 12.8. The van der Waals surface area contributed by atoms with Crippen LogP contribution >= 0.6 is 11.3 Å². The number of nitrogens with zero attached hydrogens (tertiary/aromatic N) is 1. The van der Waals surface area contributed by atoms with Crippen molar-refractivity contribution in [1.82, 2.24) is 5.16 Å². The van der Waals surface area contributed by atoms with Gasteiger partial charge in [-0.05, 0) is 26.0 Å². The van der Waals surface area contributed by atoms with Gasteiger partial charge in [-0.3, -0.25) is 0 Å². The number of para-hydroxylation sites is 1. The predicted octanol–water partition coefficient (Wildman–Crippen LogP) is 3.44. The predicted molar refractivity (Wildman–Crippen MR) is 117 cm³/mol. The van der Waals surface area contributed by atoms with E-state index in [1.54, 1.807) is 32.0 Å². The van der Waals surface area contributed by atoms with Crippen molar-refractivity contribution >= 4 is 34.2 Å². The Morgan fingerprint density at radius 2 is 1.70 bits per heavy atom. The second kappa shape index (κ2) is 10.2. The standard InChI is InChI=1S/C22H22N2O8S/c1-11-14(12(2)32-24-11)9-30-16-8-6-5-7-13(16)20(25)31-10-15-17(21(26)28-3)19(23)33-18(15)22(27)29-4/h5-8H,9-10,23H2,1-4H3. The molecule has 1 aromatic carbocycles. The minimum Gasteiger partial charge on any atom is -0.488 e. The largest absolute Gasteiger partial charge is 0.488 e. The van der Waals surface area contributed by atoms with Crippen LogP contribution in [0.3, 0.4) is 0 Å². The van der Waals surface area contributed by atoms with Crippen molar-refractivity contribution in [3.8, 4) is 5.75 Å². The van der Waals surface area contributed by atoms with Crippen molar-refractivity contribution in [3.05, 3.63) is 62.9 Å². The van der Waals surface area contributed by atoms with Crippen LogP contribution in [0.2, 0.25) is 0 Å². The molecule has 0 unspecified atom stereocenters. The molecule has 174 valence electrons. The number of thiophene rings is 1. The van der Waals surface area contributed by atoms with E-state index in [4.69, 9.17) is 29.2 Å². The zero-order chi connectivity index (χ0) is 24.1. The number of hydrogen-bond acceptors (Lipinski definition) is 11. The first kappa shape index (κ1) is 23.8. The summed E-state index contributed by atoms with van der Waals surface area (Å²) in [5.74, 6) is -1.29. The number of carbonyl (C=O) groups excluding carboxylic acids is 3. The Bertz CT molecular complexity index is 1180. The summed E-state index contributed by atoms with van der Waals surface area (Å²) in [5, 5.41) is 3.93. The Morgan fingerprint density at radius 3 is 2.33 bits per heavy atom. The quantitative estimate of drug-likeness (QED) is 0.381. The fourth-order valence-corrected chi connectivity index (χ4v) is 4.02. The molecule has 33 heavy (non-hydrogen) atoms. The Labute approximate surface area is 193 Å². The van der Waals surface area contributed by atoms with Gasteiger partial charge in [-0.15, -0.1) is 11.3 Å². The number of esters is 3. The van der Waals surface area contributed by atoms with Gasteiger partial charge in [0, 0.05) is 5.56 Å². The molecule has 2 heterocycles. The molecule has 2 aromatic heterocycles. The lowest BCUT2D eigenvalue weighted by Crippen LogP contribution is -2.13. The van der Waals surface area contributed by atoms with Crippen molar-refractivity contribution in [2.75, 3.05) is 20.0 Å². The van der Waals surface area contributed by atoms with Crippen LogP contribution in [0.5, 0.6) is 5.75 Å². The molecule has 0 fully saturated rings. The number of nitrogen functional groups attached to an aromatic ring is 1. The molecule has 0 aliphatic carbocycles. The molecular weight excluding hydrogens is 452 g/mol. The first-order valence-corrected chi connectivity index (χ1v) is 10.5. The Hall–Kier alpha value is -3.86. The summed E-state index contributed by atoms with van der Waals surface area (Å²) in [6.45, 7) is 3.30. The first-order valence-electron chi connectivity index (χ1n) is 9.66. The lowest BCUT2D eigenvalue weighted by Gasteiger charge is -2.12. The van der Waals surface area contributed by atoms with Gasteiger partial charge in [0.25, 0.3) is 0 Å². The zero-order valence-electron chi connectivity index (χ0n) is 18.4. The molecule has 10 nitrogen and oxygen atoms in total. The molecule has 3 aromatic rings. The minimum absolute atomic E-state index is 0.0429. The summed E-state index contributed by atoms with van der Waals surface area (Å²) in [7, 11) is 2.37. The van der Waals surface area contributed by atoms with Crippen LogP contribution in [-0.4, -0.2) is 37.3 Å². The monoisotopic (exact) mass is 474 g/mol. The molecule has 0 amide bonds. The van der Waals surface area contributed by atoms with Crippen LogP contribution in [0.25, 0.3) is 0 Å². The van der Waals surface area contributed by atoms with Crippen molar-refractivity contribution < 1.29 is 37.9 Å². The van der Waals surface area contributed by atoms with Crippen LogP contribution in [0.1, 0.15) is 53.0 Å². The summed E-state index contributed by atoms with van der Waals surface area (Å²) < 4.78 is 25.8. The number of ether oxygens (including phenoxy) is 4. The van der Waals surface area contributed by atoms with Crippen molar-refractivity contribution in [2.24, 2.45) is 0 Å². The van der Waals surface area contributed by atoms with Gasteiger partial charge in [0.2, 0.25) is 0 Å². The molecular formula is C22H22N2O8S. The molecule has 2 N–H and O–H groups in total. The van der Waals surface area contributed by atoms with Gasteiger partial charge in [0.1, 0.15) is 45.7 Å². The second-order valence-electron chi connectivity index (χ2n) is 6.80. The molecule has 0 aliphatic rings. The minimum atomic E-state index is -0.756. The van der Waals surface area contributed by atoms with E-state index >= 15 is 0 Å². The summed E-state index contributed by atoms with van der Waals surface area (Å²) in [6.07, 6.45) is 0. The van der Waals surface area contributed by atoms with Crippen molar-refractivity contribution in [2.45, 2.75) is 27.1 Å². The molecule has 11 heteroatoms. The normalized spacial score (nSPS) is 10.5. The molecule has 0 atom stereocenters. The number of nitrogens with two attached hydrogens (primary N) is 1. The molecule has 0 aliphatic heterocycles. The molecule has 0 saturated heterocycles. The summed E-state index contributed by atoms with van der Waals surface area (Å²) in [5.41, 5.74) is 7.59. The van der Waals surface area contributed by atoms with Gasteiger partial charge in [0.05, 0.1) is 25.5 Å². The zero-order valence-corrected chi connectivity index (χ0v) is 19.2. The average molecular weight is 474 g/mol. The van der Waals surface area contributed by atoms with Gasteiger partial charge >= 0.3 is 17.9 Å². The third-order valence-electron chi connectivity index (χ3n) is 4.80. The van der Waals surface area contributed by atoms with Crippen LogP contribution < -0.4 is 10.5 Å². The number of rotatable bonds is 8. The van der Waals surface area contributed by atoms with E-state index in [0.29, 0.717) is 11.5 Å². The fraction of sp³-hybridized carbons (Fsp3) is 0.273. The van der Waals surface area contributed by atoms with E-state index in [0.717, 1.165) is 16.9 Å². The van der Waals surface area contributed by atoms with Crippen molar-refractivity contribution in [3.63, 3.8) is 0 Å². The maximum absolute atomic E-state index is 12.8. The lowest BCUT2D eigenvalue weighted by atomic mass is 10.1. The smallest absolute Gasteiger partial charge is 0.348 e. The number of benzene rings is 1. The molecule has 3 rings (SSSR count). The number of anilines is 1. The molecule has 0 bridgehead atoms. The third kappa shape index (κ3) is 4.98. The second-order valence-corrected chi connectivity index (χ2v) is 7.85. The van der Waals surface area contributed by atoms with E-state index in [-0.39, 0.29) is 38.9 Å². The number of methoxy groups -OCH3 is 2. The van der Waals surface area contributed by atoms with E-state index < -0.39 is 24.5 Å². The van der Waals surface area contributed by atoms with Crippen LogP contribution in [0.4, 0.5) is 5.00 Å².